The lowest BCUT2D eigenvalue weighted by molar-refractivity contribution is 0.140. The van der Waals surface area contributed by atoms with E-state index in [9.17, 15) is 0 Å². The largest absolute Gasteiger partial charge is 0.494 e. The molecule has 3 aromatic rings. The first kappa shape index (κ1) is 18.9. The van der Waals surface area contributed by atoms with Crippen molar-refractivity contribution in [1.82, 2.24) is 9.55 Å². The highest BCUT2D eigenvalue weighted by molar-refractivity contribution is 5.80. The SMILES string of the molecule is CCOc1ccc(Nc2nc3ccccc3n2C2C[C@H](C)CC(C)(C)C2)cc1. The van der Waals surface area contributed by atoms with Crippen molar-refractivity contribution >= 4 is 22.7 Å². The maximum atomic E-state index is 5.56. The van der Waals surface area contributed by atoms with E-state index in [2.05, 4.69) is 67.1 Å². The van der Waals surface area contributed by atoms with Gasteiger partial charge in [-0.25, -0.2) is 4.98 Å². The third-order valence-corrected chi connectivity index (χ3v) is 5.75. The Hall–Kier alpha value is -2.49. The van der Waals surface area contributed by atoms with Crippen LogP contribution in [0.1, 0.15) is 53.0 Å². The Morgan fingerprint density at radius 2 is 1.86 bits per heavy atom. The van der Waals surface area contributed by atoms with E-state index < -0.39 is 0 Å². The second-order valence-electron chi connectivity index (χ2n) is 8.94. The molecule has 1 N–H and O–H groups in total. The number of nitrogens with zero attached hydrogens (tertiary/aromatic N) is 2. The number of rotatable bonds is 5. The molecule has 0 spiro atoms. The van der Waals surface area contributed by atoms with Gasteiger partial charge in [0.2, 0.25) is 5.95 Å². The van der Waals surface area contributed by atoms with E-state index in [4.69, 9.17) is 9.72 Å². The van der Waals surface area contributed by atoms with Gasteiger partial charge in [-0.3, -0.25) is 0 Å². The first-order chi connectivity index (χ1) is 13.4. The monoisotopic (exact) mass is 377 g/mol. The summed E-state index contributed by atoms with van der Waals surface area (Å²) < 4.78 is 8.00. The summed E-state index contributed by atoms with van der Waals surface area (Å²) in [5.41, 5.74) is 3.64. The molecular weight excluding hydrogens is 346 g/mol. The van der Waals surface area contributed by atoms with Gasteiger partial charge in [-0.2, -0.15) is 0 Å². The summed E-state index contributed by atoms with van der Waals surface area (Å²) in [6.45, 7) is 9.86. The molecule has 148 valence electrons. The lowest BCUT2D eigenvalue weighted by Crippen LogP contribution is -2.29. The van der Waals surface area contributed by atoms with Gasteiger partial charge in [-0.05, 0) is 73.9 Å². The Labute approximate surface area is 167 Å². The molecule has 1 aromatic heterocycles. The third kappa shape index (κ3) is 3.87. The zero-order chi connectivity index (χ0) is 19.7. The third-order valence-electron chi connectivity index (χ3n) is 5.75. The summed E-state index contributed by atoms with van der Waals surface area (Å²) in [5.74, 6) is 2.54. The van der Waals surface area contributed by atoms with Crippen molar-refractivity contribution < 1.29 is 4.74 Å². The topological polar surface area (TPSA) is 39.1 Å². The predicted molar refractivity (Wildman–Crippen MR) is 116 cm³/mol. The van der Waals surface area contributed by atoms with Gasteiger partial charge in [0.05, 0.1) is 17.6 Å². The number of anilines is 2. The second-order valence-corrected chi connectivity index (χ2v) is 8.94. The van der Waals surface area contributed by atoms with E-state index in [0.717, 1.165) is 22.9 Å². The molecule has 0 radical (unpaired) electrons. The number of benzene rings is 2. The maximum absolute atomic E-state index is 5.56. The molecule has 4 rings (SSSR count). The van der Waals surface area contributed by atoms with Gasteiger partial charge < -0.3 is 14.6 Å². The van der Waals surface area contributed by atoms with Crippen molar-refractivity contribution in [2.75, 3.05) is 11.9 Å². The normalized spacial score (nSPS) is 21.6. The van der Waals surface area contributed by atoms with Gasteiger partial charge in [0.15, 0.2) is 0 Å². The molecule has 1 unspecified atom stereocenters. The van der Waals surface area contributed by atoms with Crippen molar-refractivity contribution in [3.63, 3.8) is 0 Å². The van der Waals surface area contributed by atoms with E-state index in [1.54, 1.807) is 0 Å². The second kappa shape index (κ2) is 7.50. The fraction of sp³-hybridized carbons (Fsp3) is 0.458. The fourth-order valence-corrected chi connectivity index (χ4v) is 4.92. The summed E-state index contributed by atoms with van der Waals surface area (Å²) >= 11 is 0. The van der Waals surface area contributed by atoms with Crippen LogP contribution in [0.4, 0.5) is 11.6 Å². The van der Waals surface area contributed by atoms with Crippen LogP contribution in [0.2, 0.25) is 0 Å². The smallest absolute Gasteiger partial charge is 0.208 e. The molecule has 0 amide bonds. The van der Waals surface area contributed by atoms with Crippen LogP contribution in [-0.2, 0) is 0 Å². The van der Waals surface area contributed by atoms with Crippen molar-refractivity contribution in [3.05, 3.63) is 48.5 Å². The summed E-state index contributed by atoms with van der Waals surface area (Å²) in [6.07, 6.45) is 3.66. The van der Waals surface area contributed by atoms with Crippen LogP contribution in [0.5, 0.6) is 5.75 Å². The first-order valence-electron chi connectivity index (χ1n) is 10.4. The summed E-state index contributed by atoms with van der Waals surface area (Å²) in [4.78, 5) is 4.94. The van der Waals surface area contributed by atoms with Crippen LogP contribution in [0.25, 0.3) is 11.0 Å². The molecule has 28 heavy (non-hydrogen) atoms. The van der Waals surface area contributed by atoms with E-state index in [1.807, 2.05) is 19.1 Å². The Morgan fingerprint density at radius 1 is 1.11 bits per heavy atom. The fourth-order valence-electron chi connectivity index (χ4n) is 4.92. The van der Waals surface area contributed by atoms with Crippen LogP contribution in [0.3, 0.4) is 0 Å². The number of imidazole rings is 1. The van der Waals surface area contributed by atoms with Crippen molar-refractivity contribution in [1.29, 1.82) is 0 Å². The van der Waals surface area contributed by atoms with E-state index in [0.29, 0.717) is 24.0 Å². The van der Waals surface area contributed by atoms with Crippen LogP contribution >= 0.6 is 0 Å². The molecule has 1 heterocycles. The Morgan fingerprint density at radius 3 is 2.57 bits per heavy atom. The molecule has 1 aliphatic rings. The van der Waals surface area contributed by atoms with Crippen LogP contribution in [0, 0.1) is 11.3 Å². The van der Waals surface area contributed by atoms with Crippen LogP contribution < -0.4 is 10.1 Å². The molecule has 0 saturated heterocycles. The van der Waals surface area contributed by atoms with Gasteiger partial charge >= 0.3 is 0 Å². The van der Waals surface area contributed by atoms with Crippen molar-refractivity contribution in [2.45, 2.75) is 53.0 Å². The van der Waals surface area contributed by atoms with Gasteiger partial charge in [0, 0.05) is 11.7 Å². The predicted octanol–water partition coefficient (Wildman–Crippen LogP) is 6.57. The number of aromatic nitrogens is 2. The Kier molecular flexibility index (Phi) is 5.05. The molecule has 1 aliphatic carbocycles. The molecule has 2 aromatic carbocycles. The molecule has 4 heteroatoms. The van der Waals surface area contributed by atoms with Gasteiger partial charge in [0.25, 0.3) is 0 Å². The first-order valence-corrected chi connectivity index (χ1v) is 10.4. The maximum Gasteiger partial charge on any atom is 0.208 e. The molecular formula is C24H31N3O. The van der Waals surface area contributed by atoms with Crippen LogP contribution in [0.15, 0.2) is 48.5 Å². The number of fused-ring (bicyclic) bond motifs is 1. The minimum atomic E-state index is 0.351. The lowest BCUT2D eigenvalue weighted by Gasteiger charge is -2.40. The summed E-state index contributed by atoms with van der Waals surface area (Å²) in [6, 6.07) is 17.0. The number of para-hydroxylation sites is 2. The van der Waals surface area contributed by atoms with Crippen molar-refractivity contribution in [3.8, 4) is 5.75 Å². The number of hydrogen-bond acceptors (Lipinski definition) is 3. The van der Waals surface area contributed by atoms with Gasteiger partial charge in [-0.15, -0.1) is 0 Å². The number of nitrogens with one attached hydrogen (secondary N) is 1. The summed E-state index contributed by atoms with van der Waals surface area (Å²) in [7, 11) is 0. The minimum absolute atomic E-state index is 0.351. The zero-order valence-corrected chi connectivity index (χ0v) is 17.4. The molecule has 0 bridgehead atoms. The molecule has 4 nitrogen and oxygen atoms in total. The van der Waals surface area contributed by atoms with Crippen molar-refractivity contribution in [2.24, 2.45) is 11.3 Å². The quantitative estimate of drug-likeness (QED) is 0.547. The minimum Gasteiger partial charge on any atom is -0.494 e. The molecule has 1 saturated carbocycles. The van der Waals surface area contributed by atoms with E-state index in [1.165, 1.54) is 24.8 Å². The standard InChI is InChI=1S/C24H31N3O/c1-5-28-20-12-10-18(11-13-20)25-23-26-21-8-6-7-9-22(21)27(23)19-14-17(2)15-24(3,4)16-19/h6-13,17,19H,5,14-16H2,1-4H3,(H,25,26)/t17-,19?/m0/s1. The lowest BCUT2D eigenvalue weighted by atomic mass is 9.70. The van der Waals surface area contributed by atoms with E-state index in [-0.39, 0.29) is 0 Å². The van der Waals surface area contributed by atoms with Gasteiger partial charge in [-0.1, -0.05) is 32.9 Å². The molecule has 0 aliphatic heterocycles. The average Bonchev–Trinajstić information content (AvgIpc) is 3.00. The molecule has 2 atom stereocenters. The molecule has 1 fully saturated rings. The Bertz CT molecular complexity index is 942. The van der Waals surface area contributed by atoms with Gasteiger partial charge in [0.1, 0.15) is 5.75 Å². The highest BCUT2D eigenvalue weighted by Crippen LogP contribution is 2.46. The summed E-state index contributed by atoms with van der Waals surface area (Å²) in [5, 5.41) is 3.57. The zero-order valence-electron chi connectivity index (χ0n) is 17.4. The number of hydrogen-bond donors (Lipinski definition) is 1. The highest BCUT2D eigenvalue weighted by Gasteiger charge is 2.34. The highest BCUT2D eigenvalue weighted by atomic mass is 16.5. The Balaban J connectivity index is 1.71. The average molecular weight is 378 g/mol. The van der Waals surface area contributed by atoms with Crippen LogP contribution in [-0.4, -0.2) is 16.2 Å². The van der Waals surface area contributed by atoms with E-state index >= 15 is 0 Å². The number of ether oxygens (including phenoxy) is 1.